The Balaban J connectivity index is 2.11. The van der Waals surface area contributed by atoms with E-state index in [9.17, 15) is 18.3 Å². The fraction of sp³-hybridized carbons (Fsp3) is 0.267. The monoisotopic (exact) mass is 380 g/mol. The highest BCUT2D eigenvalue weighted by Crippen LogP contribution is 2.34. The first-order chi connectivity index (χ1) is 11.3. The minimum atomic E-state index is -4.53. The van der Waals surface area contributed by atoms with Gasteiger partial charge < -0.3 is 15.2 Å². The van der Waals surface area contributed by atoms with Crippen LogP contribution in [0.4, 0.5) is 18.9 Å². The normalized spacial score (nSPS) is 12.8. The molecular formula is C15H13Cl2F3N2O2. The SMILES string of the molecule is OC(CCl)CNc1cccc(Oc2ncc(C(F)(F)F)cc2Cl)c1. The maximum Gasteiger partial charge on any atom is 0.417 e. The number of rotatable bonds is 6. The molecule has 0 amide bonds. The van der Waals surface area contributed by atoms with E-state index in [1.807, 2.05) is 0 Å². The van der Waals surface area contributed by atoms with E-state index in [1.165, 1.54) is 0 Å². The Bertz CT molecular complexity index is 699. The first-order valence-corrected chi connectivity index (χ1v) is 7.69. The summed E-state index contributed by atoms with van der Waals surface area (Å²) in [5.74, 6) is 0.283. The van der Waals surface area contributed by atoms with Crippen molar-refractivity contribution in [2.24, 2.45) is 0 Å². The highest BCUT2D eigenvalue weighted by molar-refractivity contribution is 6.31. The lowest BCUT2D eigenvalue weighted by Crippen LogP contribution is -2.20. The number of aliphatic hydroxyl groups excluding tert-OH is 1. The molecule has 0 fully saturated rings. The van der Waals surface area contributed by atoms with E-state index in [0.717, 1.165) is 6.07 Å². The highest BCUT2D eigenvalue weighted by Gasteiger charge is 2.31. The molecule has 0 aliphatic rings. The van der Waals surface area contributed by atoms with Crippen molar-refractivity contribution in [3.8, 4) is 11.6 Å². The number of pyridine rings is 1. The second-order valence-corrected chi connectivity index (χ2v) is 5.54. The number of hydrogen-bond acceptors (Lipinski definition) is 4. The molecule has 0 bridgehead atoms. The molecule has 9 heteroatoms. The van der Waals surface area contributed by atoms with Crippen LogP contribution in [0.2, 0.25) is 5.02 Å². The standard InChI is InChI=1S/C15H13Cl2F3N2O2/c16-6-11(23)8-21-10-2-1-3-12(5-10)24-14-13(17)4-9(7-22-14)15(18,19)20/h1-5,7,11,21,23H,6,8H2. The molecule has 1 atom stereocenters. The van der Waals surface area contributed by atoms with Crippen LogP contribution in [0.3, 0.4) is 0 Å². The van der Waals surface area contributed by atoms with Gasteiger partial charge in [0.2, 0.25) is 5.88 Å². The number of aliphatic hydroxyl groups is 1. The maximum absolute atomic E-state index is 12.6. The third kappa shape index (κ3) is 5.15. The minimum Gasteiger partial charge on any atom is -0.437 e. The second kappa shape index (κ2) is 7.92. The number of hydrogen-bond donors (Lipinski definition) is 2. The van der Waals surface area contributed by atoms with Gasteiger partial charge in [0, 0.05) is 24.5 Å². The van der Waals surface area contributed by atoms with E-state index in [2.05, 4.69) is 10.3 Å². The molecule has 2 rings (SSSR count). The first kappa shape index (κ1) is 18.6. The smallest absolute Gasteiger partial charge is 0.417 e. The van der Waals surface area contributed by atoms with Crippen molar-refractivity contribution in [1.29, 1.82) is 0 Å². The maximum atomic E-state index is 12.6. The van der Waals surface area contributed by atoms with Crippen LogP contribution in [0.5, 0.6) is 11.6 Å². The summed E-state index contributed by atoms with van der Waals surface area (Å²) in [5, 5.41) is 12.1. The van der Waals surface area contributed by atoms with Gasteiger partial charge in [0.05, 0.1) is 17.5 Å². The lowest BCUT2D eigenvalue weighted by molar-refractivity contribution is -0.137. The lowest BCUT2D eigenvalue weighted by Gasteiger charge is -2.12. The number of nitrogens with one attached hydrogen (secondary N) is 1. The Labute approximate surface area is 146 Å². The molecular weight excluding hydrogens is 368 g/mol. The van der Waals surface area contributed by atoms with Crippen LogP contribution in [0, 0.1) is 0 Å². The molecule has 0 saturated carbocycles. The van der Waals surface area contributed by atoms with Crippen LogP contribution in [-0.4, -0.2) is 28.6 Å². The highest BCUT2D eigenvalue weighted by atomic mass is 35.5. The summed E-state index contributed by atoms with van der Waals surface area (Å²) in [6.45, 7) is 0.242. The lowest BCUT2D eigenvalue weighted by atomic mass is 10.2. The predicted molar refractivity (Wildman–Crippen MR) is 86.0 cm³/mol. The van der Waals surface area contributed by atoms with Crippen LogP contribution < -0.4 is 10.1 Å². The number of nitrogens with zero attached hydrogens (tertiary/aromatic N) is 1. The summed E-state index contributed by atoms with van der Waals surface area (Å²) in [6, 6.07) is 7.34. The summed E-state index contributed by atoms with van der Waals surface area (Å²) in [7, 11) is 0. The fourth-order valence-electron chi connectivity index (χ4n) is 1.73. The van der Waals surface area contributed by atoms with Gasteiger partial charge in [0.15, 0.2) is 0 Å². The molecule has 0 saturated heterocycles. The number of halogens is 5. The third-order valence-electron chi connectivity index (χ3n) is 2.90. The first-order valence-electron chi connectivity index (χ1n) is 6.78. The van der Waals surface area contributed by atoms with Gasteiger partial charge in [-0.15, -0.1) is 11.6 Å². The molecule has 0 radical (unpaired) electrons. The van der Waals surface area contributed by atoms with Gasteiger partial charge in [-0.05, 0) is 18.2 Å². The van der Waals surface area contributed by atoms with Crippen molar-refractivity contribution in [2.45, 2.75) is 12.3 Å². The van der Waals surface area contributed by atoms with E-state index in [4.69, 9.17) is 27.9 Å². The zero-order valence-corrected chi connectivity index (χ0v) is 13.7. The van der Waals surface area contributed by atoms with Gasteiger partial charge >= 0.3 is 6.18 Å². The minimum absolute atomic E-state index is 0.0915. The second-order valence-electron chi connectivity index (χ2n) is 4.83. The van der Waals surface area contributed by atoms with E-state index in [0.29, 0.717) is 17.6 Å². The third-order valence-corrected chi connectivity index (χ3v) is 3.53. The van der Waals surface area contributed by atoms with Crippen LogP contribution >= 0.6 is 23.2 Å². The van der Waals surface area contributed by atoms with Crippen molar-refractivity contribution in [3.63, 3.8) is 0 Å². The van der Waals surface area contributed by atoms with Crippen LogP contribution in [0.1, 0.15) is 5.56 Å². The zero-order chi connectivity index (χ0) is 17.7. The van der Waals surface area contributed by atoms with Gasteiger partial charge in [-0.25, -0.2) is 4.98 Å². The van der Waals surface area contributed by atoms with Crippen molar-refractivity contribution in [1.82, 2.24) is 4.98 Å². The largest absolute Gasteiger partial charge is 0.437 e. The molecule has 0 aliphatic carbocycles. The molecule has 2 aromatic rings. The Morgan fingerprint density at radius 1 is 1.29 bits per heavy atom. The average Bonchev–Trinajstić information content (AvgIpc) is 2.54. The molecule has 1 aromatic carbocycles. The quantitative estimate of drug-likeness (QED) is 0.721. The summed E-state index contributed by atoms with van der Waals surface area (Å²) < 4.78 is 43.2. The van der Waals surface area contributed by atoms with Gasteiger partial charge in [0.25, 0.3) is 0 Å². The summed E-state index contributed by atoms with van der Waals surface area (Å²) in [4.78, 5) is 3.61. The van der Waals surface area contributed by atoms with Crippen molar-refractivity contribution in [3.05, 3.63) is 47.1 Å². The van der Waals surface area contributed by atoms with E-state index in [1.54, 1.807) is 24.3 Å². The summed E-state index contributed by atoms with van der Waals surface area (Å²) >= 11 is 11.3. The van der Waals surface area contributed by atoms with E-state index in [-0.39, 0.29) is 23.3 Å². The molecule has 130 valence electrons. The molecule has 1 aromatic heterocycles. The van der Waals surface area contributed by atoms with Crippen molar-refractivity contribution in [2.75, 3.05) is 17.7 Å². The molecule has 1 unspecified atom stereocenters. The van der Waals surface area contributed by atoms with Crippen LogP contribution in [0.25, 0.3) is 0 Å². The topological polar surface area (TPSA) is 54.4 Å². The average molecular weight is 381 g/mol. The summed E-state index contributed by atoms with van der Waals surface area (Å²) in [6.07, 6.45) is -4.58. The number of anilines is 1. The Kier molecular flexibility index (Phi) is 6.15. The van der Waals surface area contributed by atoms with Gasteiger partial charge in [0.1, 0.15) is 10.8 Å². The summed E-state index contributed by atoms with van der Waals surface area (Å²) in [5.41, 5.74) is -0.315. The van der Waals surface area contributed by atoms with Crippen molar-refractivity contribution >= 4 is 28.9 Å². The van der Waals surface area contributed by atoms with Crippen LogP contribution in [0.15, 0.2) is 36.5 Å². The zero-order valence-electron chi connectivity index (χ0n) is 12.1. The molecule has 0 aliphatic heterocycles. The molecule has 24 heavy (non-hydrogen) atoms. The Morgan fingerprint density at radius 2 is 2.04 bits per heavy atom. The van der Waals surface area contributed by atoms with E-state index < -0.39 is 17.8 Å². The molecule has 1 heterocycles. The Morgan fingerprint density at radius 3 is 2.67 bits per heavy atom. The van der Waals surface area contributed by atoms with Crippen molar-refractivity contribution < 1.29 is 23.0 Å². The van der Waals surface area contributed by atoms with Gasteiger partial charge in [-0.2, -0.15) is 13.2 Å². The number of benzene rings is 1. The van der Waals surface area contributed by atoms with Crippen LogP contribution in [-0.2, 0) is 6.18 Å². The molecule has 0 spiro atoms. The predicted octanol–water partition coefficient (Wildman–Crippen LogP) is 4.56. The van der Waals surface area contributed by atoms with Gasteiger partial charge in [-0.3, -0.25) is 0 Å². The van der Waals surface area contributed by atoms with Gasteiger partial charge in [-0.1, -0.05) is 17.7 Å². The number of aromatic nitrogens is 1. The number of alkyl halides is 4. The molecule has 4 nitrogen and oxygen atoms in total. The fourth-order valence-corrected chi connectivity index (χ4v) is 2.04. The number of ether oxygens (including phenoxy) is 1. The van der Waals surface area contributed by atoms with E-state index >= 15 is 0 Å². The Hall–Kier alpha value is -1.70. The molecule has 2 N–H and O–H groups in total.